The molecule has 1 aliphatic heterocycles. The normalized spacial score (nSPS) is 15.9. The lowest BCUT2D eigenvalue weighted by molar-refractivity contribution is -0.139. The van der Waals surface area contributed by atoms with Gasteiger partial charge in [-0.1, -0.05) is 17.4 Å². The van der Waals surface area contributed by atoms with Gasteiger partial charge < -0.3 is 18.6 Å². The fourth-order valence-corrected chi connectivity index (χ4v) is 4.66. The number of hydrogen-bond acceptors (Lipinski definition) is 8. The lowest BCUT2D eigenvalue weighted by atomic mass is 9.95. The number of fused-ring (bicyclic) bond motifs is 1. The molecule has 0 fully saturated rings. The molecule has 0 saturated carbocycles. The van der Waals surface area contributed by atoms with Gasteiger partial charge in [0.15, 0.2) is 16.3 Å². The van der Waals surface area contributed by atoms with Crippen molar-refractivity contribution >= 4 is 23.4 Å². The molecule has 1 unspecified atom stereocenters. The van der Waals surface area contributed by atoms with Gasteiger partial charge in [-0.3, -0.25) is 9.36 Å². The number of allylic oxidation sites excluding steroid dienone is 1. The average molecular weight is 455 g/mol. The number of methoxy groups -OCH3 is 2. The van der Waals surface area contributed by atoms with Crippen molar-refractivity contribution in [3.05, 3.63) is 78.9 Å². The first-order valence-corrected chi connectivity index (χ1v) is 10.7. The molecule has 2 aromatic heterocycles. The number of thiazole rings is 1. The standard InChI is InChI=1S/C23H22N2O6S/c1-5-30-22(27)19-13(2)24-23-25(21(26)18(32-23)12-15-7-6-10-31-15)20(19)14-8-9-16(28-3)17(11-14)29-4/h6-12,20H,5H2,1-4H3. The van der Waals surface area contributed by atoms with E-state index >= 15 is 0 Å². The second-order valence-corrected chi connectivity index (χ2v) is 7.94. The molecule has 3 heterocycles. The van der Waals surface area contributed by atoms with Crippen LogP contribution in [0.1, 0.15) is 31.2 Å². The molecular formula is C23H22N2O6S. The Morgan fingerprint density at radius 2 is 2.03 bits per heavy atom. The summed E-state index contributed by atoms with van der Waals surface area (Å²) in [7, 11) is 3.08. The topological polar surface area (TPSA) is 92.3 Å². The van der Waals surface area contributed by atoms with Crippen LogP contribution in [-0.4, -0.2) is 31.4 Å². The number of rotatable bonds is 6. The van der Waals surface area contributed by atoms with E-state index in [2.05, 4.69) is 4.99 Å². The van der Waals surface area contributed by atoms with E-state index in [0.717, 1.165) is 0 Å². The van der Waals surface area contributed by atoms with E-state index in [1.54, 1.807) is 63.6 Å². The second-order valence-electron chi connectivity index (χ2n) is 6.93. The Hall–Kier alpha value is -3.59. The van der Waals surface area contributed by atoms with Crippen LogP contribution in [0.2, 0.25) is 0 Å². The highest BCUT2D eigenvalue weighted by Gasteiger charge is 2.33. The number of ether oxygens (including phenoxy) is 3. The van der Waals surface area contributed by atoms with E-state index in [1.807, 2.05) is 0 Å². The van der Waals surface area contributed by atoms with E-state index in [4.69, 9.17) is 18.6 Å². The number of carbonyl (C=O) groups excluding carboxylic acids is 1. The van der Waals surface area contributed by atoms with Crippen molar-refractivity contribution in [3.8, 4) is 11.5 Å². The molecule has 0 aliphatic carbocycles. The third-order valence-corrected chi connectivity index (χ3v) is 6.04. The molecule has 1 atom stereocenters. The Balaban J connectivity index is 1.98. The van der Waals surface area contributed by atoms with Gasteiger partial charge in [-0.05, 0) is 43.7 Å². The van der Waals surface area contributed by atoms with Gasteiger partial charge in [-0.15, -0.1) is 0 Å². The first-order chi connectivity index (χ1) is 15.5. The maximum Gasteiger partial charge on any atom is 0.338 e. The fourth-order valence-electron chi connectivity index (χ4n) is 3.63. The first-order valence-electron chi connectivity index (χ1n) is 9.93. The Morgan fingerprint density at radius 1 is 1.25 bits per heavy atom. The van der Waals surface area contributed by atoms with Gasteiger partial charge in [-0.25, -0.2) is 9.79 Å². The van der Waals surface area contributed by atoms with Gasteiger partial charge in [0.25, 0.3) is 5.56 Å². The fraction of sp³-hybridized carbons (Fsp3) is 0.261. The SMILES string of the molecule is CCOC(=O)C1=C(C)N=c2sc(=Cc3ccco3)c(=O)n2C1c1ccc(OC)c(OC)c1. The highest BCUT2D eigenvalue weighted by molar-refractivity contribution is 7.07. The number of furan rings is 1. The molecule has 1 aliphatic rings. The van der Waals surface area contributed by atoms with Crippen molar-refractivity contribution in [2.75, 3.05) is 20.8 Å². The van der Waals surface area contributed by atoms with Crippen LogP contribution in [0.25, 0.3) is 6.08 Å². The monoisotopic (exact) mass is 454 g/mol. The number of esters is 1. The van der Waals surface area contributed by atoms with Gasteiger partial charge in [-0.2, -0.15) is 0 Å². The number of nitrogens with zero attached hydrogens (tertiary/aromatic N) is 2. The summed E-state index contributed by atoms with van der Waals surface area (Å²) < 4.78 is 23.4. The zero-order valence-electron chi connectivity index (χ0n) is 18.1. The Bertz CT molecular complexity index is 1360. The van der Waals surface area contributed by atoms with Crippen molar-refractivity contribution in [1.82, 2.24) is 4.57 Å². The molecule has 0 bridgehead atoms. The average Bonchev–Trinajstić information content (AvgIpc) is 3.40. The summed E-state index contributed by atoms with van der Waals surface area (Å²) in [6, 6.07) is 8.07. The number of benzene rings is 1. The Kier molecular flexibility index (Phi) is 6.00. The molecule has 0 amide bonds. The Morgan fingerprint density at radius 3 is 2.69 bits per heavy atom. The molecule has 3 aromatic rings. The summed E-state index contributed by atoms with van der Waals surface area (Å²) >= 11 is 1.23. The van der Waals surface area contributed by atoms with Crippen LogP contribution in [0.15, 0.2) is 62.1 Å². The molecule has 32 heavy (non-hydrogen) atoms. The molecule has 0 radical (unpaired) electrons. The van der Waals surface area contributed by atoms with Crippen molar-refractivity contribution in [2.45, 2.75) is 19.9 Å². The molecule has 166 valence electrons. The molecule has 0 spiro atoms. The van der Waals surface area contributed by atoms with Crippen molar-refractivity contribution in [1.29, 1.82) is 0 Å². The Labute approximate surface area is 187 Å². The van der Waals surface area contributed by atoms with Gasteiger partial charge >= 0.3 is 5.97 Å². The highest BCUT2D eigenvalue weighted by Crippen LogP contribution is 2.36. The van der Waals surface area contributed by atoms with Gasteiger partial charge in [0, 0.05) is 6.08 Å². The quantitative estimate of drug-likeness (QED) is 0.531. The van der Waals surface area contributed by atoms with Crippen LogP contribution < -0.4 is 24.4 Å². The maximum atomic E-state index is 13.4. The van der Waals surface area contributed by atoms with E-state index in [-0.39, 0.29) is 12.2 Å². The lowest BCUT2D eigenvalue weighted by Crippen LogP contribution is -2.39. The van der Waals surface area contributed by atoms with Gasteiger partial charge in [0.2, 0.25) is 0 Å². The summed E-state index contributed by atoms with van der Waals surface area (Å²) in [5, 5.41) is 0. The third-order valence-electron chi connectivity index (χ3n) is 5.06. The summed E-state index contributed by atoms with van der Waals surface area (Å²) in [6.45, 7) is 3.68. The van der Waals surface area contributed by atoms with Crippen LogP contribution in [-0.2, 0) is 9.53 Å². The van der Waals surface area contributed by atoms with Crippen molar-refractivity contribution in [3.63, 3.8) is 0 Å². The third kappa shape index (κ3) is 3.75. The second kappa shape index (κ2) is 8.88. The predicted octanol–water partition coefficient (Wildman–Crippen LogP) is 2.41. The largest absolute Gasteiger partial charge is 0.493 e. The zero-order chi connectivity index (χ0) is 22.8. The van der Waals surface area contributed by atoms with E-state index in [0.29, 0.717) is 43.4 Å². The van der Waals surface area contributed by atoms with E-state index < -0.39 is 12.0 Å². The first kappa shape index (κ1) is 21.6. The highest BCUT2D eigenvalue weighted by atomic mass is 32.1. The minimum Gasteiger partial charge on any atom is -0.493 e. The number of hydrogen-bond donors (Lipinski definition) is 0. The van der Waals surface area contributed by atoms with Gasteiger partial charge in [0.1, 0.15) is 5.76 Å². The number of aromatic nitrogens is 1. The summed E-state index contributed by atoms with van der Waals surface area (Å²) in [6.07, 6.45) is 3.21. The van der Waals surface area contributed by atoms with Crippen LogP contribution in [0, 0.1) is 0 Å². The maximum absolute atomic E-state index is 13.4. The summed E-state index contributed by atoms with van der Waals surface area (Å²) in [4.78, 5) is 31.4. The van der Waals surface area contributed by atoms with E-state index in [9.17, 15) is 9.59 Å². The van der Waals surface area contributed by atoms with Crippen molar-refractivity contribution < 1.29 is 23.4 Å². The molecule has 0 N–H and O–H groups in total. The molecule has 4 rings (SSSR count). The van der Waals surface area contributed by atoms with Crippen molar-refractivity contribution in [2.24, 2.45) is 4.99 Å². The zero-order valence-corrected chi connectivity index (χ0v) is 18.9. The smallest absolute Gasteiger partial charge is 0.338 e. The molecule has 8 nitrogen and oxygen atoms in total. The molecule has 0 saturated heterocycles. The lowest BCUT2D eigenvalue weighted by Gasteiger charge is -2.25. The van der Waals surface area contributed by atoms with Gasteiger partial charge in [0.05, 0.1) is 48.9 Å². The number of carbonyl (C=O) groups is 1. The van der Waals surface area contributed by atoms with E-state index in [1.165, 1.54) is 23.0 Å². The molecule has 1 aromatic carbocycles. The van der Waals surface area contributed by atoms with Crippen LogP contribution >= 0.6 is 11.3 Å². The molecular weight excluding hydrogens is 432 g/mol. The summed E-state index contributed by atoms with van der Waals surface area (Å²) in [5.41, 5.74) is 1.19. The van der Waals surface area contributed by atoms with Crippen LogP contribution in [0.3, 0.4) is 0 Å². The van der Waals surface area contributed by atoms with Crippen LogP contribution in [0.4, 0.5) is 0 Å². The molecule has 9 heteroatoms. The minimum atomic E-state index is -0.733. The van der Waals surface area contributed by atoms with Crippen LogP contribution in [0.5, 0.6) is 11.5 Å². The predicted molar refractivity (Wildman–Crippen MR) is 119 cm³/mol. The minimum absolute atomic E-state index is 0.206. The summed E-state index contributed by atoms with van der Waals surface area (Å²) in [5.74, 6) is 1.06.